The Balaban J connectivity index is 1.96. The summed E-state index contributed by atoms with van der Waals surface area (Å²) in [7, 11) is -3.43. The van der Waals surface area contributed by atoms with Gasteiger partial charge < -0.3 is 4.90 Å². The van der Waals surface area contributed by atoms with Crippen LogP contribution in [0.3, 0.4) is 0 Å². The van der Waals surface area contributed by atoms with Gasteiger partial charge in [-0.1, -0.05) is 12.6 Å². The number of amides is 1. The lowest BCUT2D eigenvalue weighted by Gasteiger charge is -2.17. The molecule has 1 saturated heterocycles. The third-order valence-electron chi connectivity index (χ3n) is 3.60. The van der Waals surface area contributed by atoms with E-state index in [2.05, 4.69) is 11.3 Å². The minimum absolute atomic E-state index is 0.0813. The number of rotatable bonds is 5. The maximum Gasteiger partial charge on any atom is 0.253 e. The Labute approximate surface area is 130 Å². The molecule has 1 aliphatic rings. The fraction of sp³-hybridized carbons (Fsp3) is 0.333. The van der Waals surface area contributed by atoms with Crippen LogP contribution in [0.25, 0.3) is 0 Å². The van der Waals surface area contributed by atoms with Crippen molar-refractivity contribution < 1.29 is 13.2 Å². The number of nitrogens with one attached hydrogen (secondary N) is 1. The monoisotopic (exact) mass is 319 g/mol. The van der Waals surface area contributed by atoms with E-state index < -0.39 is 10.0 Å². The van der Waals surface area contributed by atoms with Gasteiger partial charge in [0.15, 0.2) is 0 Å². The minimum Gasteiger partial charge on any atom is -0.338 e. The van der Waals surface area contributed by atoms with Gasteiger partial charge in [0.1, 0.15) is 0 Å². The van der Waals surface area contributed by atoms with Gasteiger partial charge in [0.05, 0.1) is 11.6 Å². The van der Waals surface area contributed by atoms with Crippen molar-refractivity contribution in [1.82, 2.24) is 9.62 Å². The SMILES string of the molecule is C=CS(=O)(=O)NC[C@H]1CCN(C(=O)c2cccc(C#N)c2)C1. The van der Waals surface area contributed by atoms with Gasteiger partial charge in [-0.05, 0) is 30.5 Å². The number of benzene rings is 1. The van der Waals surface area contributed by atoms with Crippen molar-refractivity contribution in [3.63, 3.8) is 0 Å². The second-order valence-electron chi connectivity index (χ2n) is 5.16. The standard InChI is InChI=1S/C15H17N3O3S/c1-2-22(20,21)17-10-13-6-7-18(11-13)15(19)14-5-3-4-12(8-14)9-16/h2-5,8,13,17H,1,6-7,10-11H2/t13-/m1/s1. The van der Waals surface area contributed by atoms with Crippen molar-refractivity contribution in [2.24, 2.45) is 5.92 Å². The van der Waals surface area contributed by atoms with Crippen LogP contribution in [0.1, 0.15) is 22.3 Å². The summed E-state index contributed by atoms with van der Waals surface area (Å²) in [5.74, 6) is -0.0518. The number of hydrogen-bond donors (Lipinski definition) is 1. The number of carbonyl (C=O) groups is 1. The highest BCUT2D eigenvalue weighted by atomic mass is 32.2. The Bertz CT molecular complexity index is 722. The van der Waals surface area contributed by atoms with E-state index in [0.717, 1.165) is 11.8 Å². The van der Waals surface area contributed by atoms with E-state index in [-0.39, 0.29) is 18.4 Å². The van der Waals surface area contributed by atoms with Gasteiger partial charge >= 0.3 is 0 Å². The number of nitrogens with zero attached hydrogens (tertiary/aromatic N) is 2. The summed E-state index contributed by atoms with van der Waals surface area (Å²) in [6, 6.07) is 8.58. The van der Waals surface area contributed by atoms with E-state index in [9.17, 15) is 13.2 Å². The van der Waals surface area contributed by atoms with Gasteiger partial charge in [-0.2, -0.15) is 5.26 Å². The topological polar surface area (TPSA) is 90.3 Å². The van der Waals surface area contributed by atoms with Crippen molar-refractivity contribution in [1.29, 1.82) is 5.26 Å². The van der Waals surface area contributed by atoms with Crippen LogP contribution in [-0.4, -0.2) is 38.9 Å². The zero-order chi connectivity index (χ0) is 16.2. The highest BCUT2D eigenvalue weighted by Gasteiger charge is 2.27. The summed E-state index contributed by atoms with van der Waals surface area (Å²) in [6.45, 7) is 4.60. The molecule has 1 aliphatic heterocycles. The fourth-order valence-corrected chi connectivity index (χ4v) is 2.97. The molecule has 0 unspecified atom stereocenters. The first-order chi connectivity index (χ1) is 10.4. The van der Waals surface area contributed by atoms with E-state index >= 15 is 0 Å². The fourth-order valence-electron chi connectivity index (χ4n) is 2.38. The Morgan fingerprint density at radius 1 is 1.55 bits per heavy atom. The molecule has 22 heavy (non-hydrogen) atoms. The average Bonchev–Trinajstić information content (AvgIpc) is 3.01. The summed E-state index contributed by atoms with van der Waals surface area (Å²) in [6.07, 6.45) is 0.739. The predicted octanol–water partition coefficient (Wildman–Crippen LogP) is 1.08. The second-order valence-corrected chi connectivity index (χ2v) is 6.87. The van der Waals surface area contributed by atoms with Crippen molar-refractivity contribution in [3.8, 4) is 6.07 Å². The van der Waals surface area contributed by atoms with Crippen LogP contribution >= 0.6 is 0 Å². The smallest absolute Gasteiger partial charge is 0.253 e. The lowest BCUT2D eigenvalue weighted by molar-refractivity contribution is 0.0787. The quantitative estimate of drug-likeness (QED) is 0.879. The summed E-state index contributed by atoms with van der Waals surface area (Å²) in [5, 5.41) is 9.75. The molecule has 0 aromatic heterocycles. The van der Waals surface area contributed by atoms with Gasteiger partial charge in [-0.3, -0.25) is 4.79 Å². The molecule has 7 heteroatoms. The van der Waals surface area contributed by atoms with Crippen molar-refractivity contribution in [2.75, 3.05) is 19.6 Å². The molecule has 0 spiro atoms. The van der Waals surface area contributed by atoms with E-state index in [0.29, 0.717) is 24.2 Å². The van der Waals surface area contributed by atoms with Crippen LogP contribution < -0.4 is 4.72 Å². The van der Waals surface area contributed by atoms with Gasteiger partial charge in [0.25, 0.3) is 5.91 Å². The molecule has 0 radical (unpaired) electrons. The Kier molecular flexibility index (Phi) is 4.96. The number of hydrogen-bond acceptors (Lipinski definition) is 4. The minimum atomic E-state index is -3.43. The molecule has 0 aliphatic carbocycles. The van der Waals surface area contributed by atoms with E-state index in [1.165, 1.54) is 0 Å². The van der Waals surface area contributed by atoms with Crippen LogP contribution in [0.15, 0.2) is 36.3 Å². The number of carbonyl (C=O) groups excluding carboxylic acids is 1. The summed E-state index contributed by atoms with van der Waals surface area (Å²) >= 11 is 0. The Morgan fingerprint density at radius 3 is 3.00 bits per heavy atom. The average molecular weight is 319 g/mol. The van der Waals surface area contributed by atoms with Crippen LogP contribution in [-0.2, 0) is 10.0 Å². The highest BCUT2D eigenvalue weighted by Crippen LogP contribution is 2.19. The molecule has 0 bridgehead atoms. The summed E-state index contributed by atoms with van der Waals surface area (Å²) in [5.41, 5.74) is 0.923. The molecular formula is C15H17N3O3S. The van der Waals surface area contributed by atoms with E-state index in [1.807, 2.05) is 6.07 Å². The largest absolute Gasteiger partial charge is 0.338 e. The van der Waals surface area contributed by atoms with Crippen LogP contribution in [0.4, 0.5) is 0 Å². The number of nitriles is 1. The lowest BCUT2D eigenvalue weighted by atomic mass is 10.1. The van der Waals surface area contributed by atoms with Crippen molar-refractivity contribution >= 4 is 15.9 Å². The Hall–Kier alpha value is -2.17. The third kappa shape index (κ3) is 3.93. The van der Waals surface area contributed by atoms with Crippen molar-refractivity contribution in [3.05, 3.63) is 47.4 Å². The van der Waals surface area contributed by atoms with E-state index in [4.69, 9.17) is 5.26 Å². The van der Waals surface area contributed by atoms with Gasteiger partial charge in [-0.15, -0.1) is 0 Å². The molecule has 6 nitrogen and oxygen atoms in total. The molecule has 1 fully saturated rings. The zero-order valence-electron chi connectivity index (χ0n) is 12.0. The lowest BCUT2D eigenvalue weighted by Crippen LogP contribution is -2.32. The first kappa shape index (κ1) is 16.2. The molecular weight excluding hydrogens is 302 g/mol. The zero-order valence-corrected chi connectivity index (χ0v) is 12.8. The molecule has 2 rings (SSSR count). The maximum atomic E-state index is 12.4. The summed E-state index contributed by atoms with van der Waals surface area (Å²) in [4.78, 5) is 14.1. The van der Waals surface area contributed by atoms with Crippen LogP contribution in [0, 0.1) is 17.2 Å². The van der Waals surface area contributed by atoms with Gasteiger partial charge in [0, 0.05) is 30.6 Å². The second kappa shape index (κ2) is 6.73. The first-order valence-corrected chi connectivity index (χ1v) is 8.41. The number of likely N-dealkylation sites (tertiary alicyclic amines) is 1. The Morgan fingerprint density at radius 2 is 2.32 bits per heavy atom. The molecule has 1 amide bonds. The van der Waals surface area contributed by atoms with Gasteiger partial charge in [-0.25, -0.2) is 13.1 Å². The molecule has 1 aromatic carbocycles. The molecule has 1 atom stereocenters. The molecule has 1 aromatic rings. The molecule has 1 heterocycles. The van der Waals surface area contributed by atoms with Gasteiger partial charge in [0.2, 0.25) is 10.0 Å². The third-order valence-corrected chi connectivity index (χ3v) is 4.61. The molecule has 116 valence electrons. The number of sulfonamides is 1. The molecule has 0 saturated carbocycles. The predicted molar refractivity (Wildman–Crippen MR) is 82.3 cm³/mol. The van der Waals surface area contributed by atoms with Crippen molar-refractivity contribution in [2.45, 2.75) is 6.42 Å². The highest BCUT2D eigenvalue weighted by molar-refractivity contribution is 7.92. The first-order valence-electron chi connectivity index (χ1n) is 6.86. The summed E-state index contributed by atoms with van der Waals surface area (Å²) < 4.78 is 25.1. The van der Waals surface area contributed by atoms with Crippen LogP contribution in [0.5, 0.6) is 0 Å². The van der Waals surface area contributed by atoms with Crippen LogP contribution in [0.2, 0.25) is 0 Å². The van der Waals surface area contributed by atoms with E-state index in [1.54, 1.807) is 29.2 Å². The maximum absolute atomic E-state index is 12.4. The normalized spacial score (nSPS) is 18.0. The molecule has 1 N–H and O–H groups in total.